The molecule has 2 heteroatoms. The Labute approximate surface area is 87.1 Å². The Hall–Kier alpha value is 0.310. The van der Waals surface area contributed by atoms with Gasteiger partial charge in [-0.3, -0.25) is 0 Å². The van der Waals surface area contributed by atoms with E-state index in [1.165, 1.54) is 57.4 Å². The molecule has 1 nitrogen and oxygen atoms in total. The summed E-state index contributed by atoms with van der Waals surface area (Å²) in [4.78, 5) is 0. The van der Waals surface area contributed by atoms with E-state index in [-0.39, 0.29) is 0 Å². The van der Waals surface area contributed by atoms with Gasteiger partial charge in [0.15, 0.2) is 0 Å². The fraction of sp³-hybridized carbons (Fsp3) is 1.00. The highest BCUT2D eigenvalue weighted by atomic mass is 32.2. The van der Waals surface area contributed by atoms with Gasteiger partial charge in [0.1, 0.15) is 0 Å². The third-order valence-corrected chi connectivity index (χ3v) is 4.00. The summed E-state index contributed by atoms with van der Waals surface area (Å²) in [5.74, 6) is 1.39. The second-order valence-electron chi connectivity index (χ2n) is 3.90. The molecule has 1 saturated heterocycles. The van der Waals surface area contributed by atoms with Gasteiger partial charge in [0, 0.05) is 11.8 Å². The topological polar surface area (TPSA) is 12.0 Å². The summed E-state index contributed by atoms with van der Waals surface area (Å²) in [5, 5.41) is 4.48. The lowest BCUT2D eigenvalue weighted by Gasteiger charge is -2.21. The Kier molecular flexibility index (Phi) is 6.73. The first kappa shape index (κ1) is 11.4. The van der Waals surface area contributed by atoms with Crippen molar-refractivity contribution < 1.29 is 0 Å². The molecule has 13 heavy (non-hydrogen) atoms. The lowest BCUT2D eigenvalue weighted by molar-refractivity contribution is 0.573. The van der Waals surface area contributed by atoms with E-state index in [9.17, 15) is 0 Å². The highest BCUT2D eigenvalue weighted by molar-refractivity contribution is 7.99. The fourth-order valence-corrected chi connectivity index (χ4v) is 3.00. The van der Waals surface area contributed by atoms with Crippen molar-refractivity contribution in [3.05, 3.63) is 0 Å². The molecule has 1 fully saturated rings. The molecule has 0 aliphatic carbocycles. The summed E-state index contributed by atoms with van der Waals surface area (Å²) in [6.07, 6.45) is 8.40. The molecule has 1 heterocycles. The average Bonchev–Trinajstić information content (AvgIpc) is 2.19. The van der Waals surface area contributed by atoms with Crippen molar-refractivity contribution in [1.82, 2.24) is 5.32 Å². The second-order valence-corrected chi connectivity index (χ2v) is 5.31. The first-order valence-corrected chi connectivity index (χ1v) is 6.80. The predicted molar refractivity (Wildman–Crippen MR) is 62.5 cm³/mol. The number of thioether (sulfide) groups is 1. The smallest absolute Gasteiger partial charge is 0.0172 e. The van der Waals surface area contributed by atoms with Gasteiger partial charge in [-0.25, -0.2) is 0 Å². The van der Waals surface area contributed by atoms with Crippen LogP contribution in [0.1, 0.15) is 45.4 Å². The molecule has 0 radical (unpaired) electrons. The zero-order valence-corrected chi connectivity index (χ0v) is 9.67. The van der Waals surface area contributed by atoms with Gasteiger partial charge in [-0.15, -0.1) is 0 Å². The van der Waals surface area contributed by atoms with Crippen LogP contribution in [0.2, 0.25) is 0 Å². The summed E-state index contributed by atoms with van der Waals surface area (Å²) in [7, 11) is 0. The summed E-state index contributed by atoms with van der Waals surface area (Å²) >= 11 is 2.16. The maximum Gasteiger partial charge on any atom is 0.0172 e. The third kappa shape index (κ3) is 5.58. The van der Waals surface area contributed by atoms with Crippen LogP contribution in [0.25, 0.3) is 0 Å². The van der Waals surface area contributed by atoms with E-state index in [1.807, 2.05) is 0 Å². The first-order valence-electron chi connectivity index (χ1n) is 5.76. The van der Waals surface area contributed by atoms with Gasteiger partial charge in [-0.2, -0.15) is 11.8 Å². The van der Waals surface area contributed by atoms with E-state index in [1.54, 1.807) is 0 Å². The molecule has 1 atom stereocenters. The van der Waals surface area contributed by atoms with Crippen molar-refractivity contribution in [1.29, 1.82) is 0 Å². The van der Waals surface area contributed by atoms with E-state index < -0.39 is 0 Å². The van der Waals surface area contributed by atoms with E-state index in [2.05, 4.69) is 24.0 Å². The van der Waals surface area contributed by atoms with E-state index in [0.29, 0.717) is 0 Å². The van der Waals surface area contributed by atoms with Crippen molar-refractivity contribution in [2.24, 2.45) is 0 Å². The molecular formula is C11H23NS. The van der Waals surface area contributed by atoms with E-state index in [0.717, 1.165) is 5.25 Å². The Morgan fingerprint density at radius 3 is 2.92 bits per heavy atom. The second kappa shape index (κ2) is 7.69. The van der Waals surface area contributed by atoms with Crippen LogP contribution in [-0.2, 0) is 0 Å². The normalized spacial score (nSPS) is 23.3. The van der Waals surface area contributed by atoms with Gasteiger partial charge in [0.05, 0.1) is 0 Å². The lowest BCUT2D eigenvalue weighted by Crippen LogP contribution is -2.27. The van der Waals surface area contributed by atoms with Crippen LogP contribution in [0.5, 0.6) is 0 Å². The molecule has 0 amide bonds. The van der Waals surface area contributed by atoms with E-state index in [4.69, 9.17) is 0 Å². The van der Waals surface area contributed by atoms with Gasteiger partial charge in [-0.1, -0.05) is 26.2 Å². The van der Waals surface area contributed by atoms with Crippen LogP contribution in [0.15, 0.2) is 0 Å². The highest BCUT2D eigenvalue weighted by Crippen LogP contribution is 2.24. The van der Waals surface area contributed by atoms with Crippen molar-refractivity contribution in [3.63, 3.8) is 0 Å². The van der Waals surface area contributed by atoms with Gasteiger partial charge < -0.3 is 5.32 Å². The van der Waals surface area contributed by atoms with Crippen molar-refractivity contribution in [3.8, 4) is 0 Å². The Bertz CT molecular complexity index is 111. The van der Waals surface area contributed by atoms with Crippen molar-refractivity contribution in [2.45, 2.75) is 50.7 Å². The van der Waals surface area contributed by atoms with Crippen LogP contribution >= 0.6 is 11.8 Å². The molecule has 1 rings (SSSR count). The molecule has 0 aromatic heterocycles. The monoisotopic (exact) mass is 201 g/mol. The summed E-state index contributed by atoms with van der Waals surface area (Å²) in [5.41, 5.74) is 0. The van der Waals surface area contributed by atoms with Crippen LogP contribution in [0, 0.1) is 0 Å². The van der Waals surface area contributed by atoms with Gasteiger partial charge in [0.2, 0.25) is 0 Å². The minimum atomic E-state index is 0.912. The van der Waals surface area contributed by atoms with Gasteiger partial charge in [-0.05, 0) is 31.6 Å². The number of unbranched alkanes of at least 4 members (excludes halogenated alkanes) is 2. The number of hydrogen-bond acceptors (Lipinski definition) is 2. The van der Waals surface area contributed by atoms with E-state index >= 15 is 0 Å². The lowest BCUT2D eigenvalue weighted by atomic mass is 10.2. The molecule has 0 spiro atoms. The van der Waals surface area contributed by atoms with Gasteiger partial charge >= 0.3 is 0 Å². The molecule has 1 N–H and O–H groups in total. The molecule has 1 aliphatic rings. The Balaban J connectivity index is 1.86. The standard InChI is InChI=1S/C11H23NS/c1-2-3-5-8-12-10-11-7-4-6-9-13-11/h11-12H,2-10H2,1H3. The molecule has 78 valence electrons. The molecule has 0 saturated carbocycles. The molecule has 0 aromatic rings. The molecule has 1 aliphatic heterocycles. The highest BCUT2D eigenvalue weighted by Gasteiger charge is 2.12. The van der Waals surface area contributed by atoms with Crippen LogP contribution < -0.4 is 5.32 Å². The first-order chi connectivity index (χ1) is 6.43. The molecular weight excluding hydrogens is 178 g/mol. The van der Waals surface area contributed by atoms with Crippen molar-refractivity contribution >= 4 is 11.8 Å². The minimum absolute atomic E-state index is 0.912. The zero-order valence-electron chi connectivity index (χ0n) is 8.85. The maximum absolute atomic E-state index is 3.57. The predicted octanol–water partition coefficient (Wildman–Crippen LogP) is 3.05. The largest absolute Gasteiger partial charge is 0.316 e. The fourth-order valence-electron chi connectivity index (χ4n) is 1.73. The molecule has 1 unspecified atom stereocenters. The quantitative estimate of drug-likeness (QED) is 0.663. The van der Waals surface area contributed by atoms with Crippen LogP contribution in [0.3, 0.4) is 0 Å². The summed E-state index contributed by atoms with van der Waals surface area (Å²) < 4.78 is 0. The third-order valence-electron chi connectivity index (χ3n) is 2.60. The zero-order chi connectivity index (χ0) is 9.36. The van der Waals surface area contributed by atoms with Gasteiger partial charge in [0.25, 0.3) is 0 Å². The Morgan fingerprint density at radius 2 is 2.23 bits per heavy atom. The van der Waals surface area contributed by atoms with Crippen molar-refractivity contribution in [2.75, 3.05) is 18.8 Å². The average molecular weight is 201 g/mol. The summed E-state index contributed by atoms with van der Waals surface area (Å²) in [6.45, 7) is 4.73. The summed E-state index contributed by atoms with van der Waals surface area (Å²) in [6, 6.07) is 0. The number of hydrogen-bond donors (Lipinski definition) is 1. The van der Waals surface area contributed by atoms with Crippen LogP contribution in [0.4, 0.5) is 0 Å². The SMILES string of the molecule is CCCCCNCC1CCCCS1. The number of nitrogens with one attached hydrogen (secondary N) is 1. The van der Waals surface area contributed by atoms with Crippen LogP contribution in [-0.4, -0.2) is 24.1 Å². The number of rotatable bonds is 6. The Morgan fingerprint density at radius 1 is 1.31 bits per heavy atom. The maximum atomic E-state index is 3.57. The molecule has 0 aromatic carbocycles. The minimum Gasteiger partial charge on any atom is -0.316 e. The molecule has 0 bridgehead atoms.